The molecule has 0 saturated heterocycles. The van der Waals surface area contributed by atoms with Crippen LogP contribution in [-0.4, -0.2) is 39.5 Å². The van der Waals surface area contributed by atoms with Crippen molar-refractivity contribution in [1.82, 2.24) is 19.8 Å². The Kier molecular flexibility index (Phi) is 6.17. The van der Waals surface area contributed by atoms with E-state index in [1.807, 2.05) is 29.8 Å². The molecule has 126 valence electrons. The molecule has 1 heterocycles. The molecule has 5 nitrogen and oxygen atoms in total. The summed E-state index contributed by atoms with van der Waals surface area (Å²) in [6.45, 7) is 13.3. The van der Waals surface area contributed by atoms with Gasteiger partial charge in [-0.15, -0.1) is 0 Å². The second kappa shape index (κ2) is 7.27. The molecule has 22 heavy (non-hydrogen) atoms. The predicted molar refractivity (Wildman–Crippen MR) is 90.4 cm³/mol. The number of rotatable bonds is 6. The summed E-state index contributed by atoms with van der Waals surface area (Å²) in [5.41, 5.74) is 0.0611. The minimum atomic E-state index is -0.202. The van der Waals surface area contributed by atoms with Crippen molar-refractivity contribution < 1.29 is 4.79 Å². The van der Waals surface area contributed by atoms with Crippen LogP contribution in [0.2, 0.25) is 0 Å². The maximum atomic E-state index is 12.9. The molecule has 0 fully saturated rings. The summed E-state index contributed by atoms with van der Waals surface area (Å²) in [5, 5.41) is 3.37. The van der Waals surface area contributed by atoms with Gasteiger partial charge in [0, 0.05) is 32.5 Å². The van der Waals surface area contributed by atoms with E-state index in [4.69, 9.17) is 0 Å². The zero-order chi connectivity index (χ0) is 17.1. The molecule has 2 atom stereocenters. The second-order valence-corrected chi connectivity index (χ2v) is 7.55. The van der Waals surface area contributed by atoms with Crippen LogP contribution in [0.1, 0.15) is 47.4 Å². The minimum absolute atomic E-state index is 0.0611. The van der Waals surface area contributed by atoms with Crippen molar-refractivity contribution in [2.24, 2.45) is 18.4 Å². The first kappa shape index (κ1) is 18.7. The van der Waals surface area contributed by atoms with Gasteiger partial charge >= 0.3 is 0 Å². The van der Waals surface area contributed by atoms with Crippen molar-refractivity contribution in [1.29, 1.82) is 0 Å². The van der Waals surface area contributed by atoms with Gasteiger partial charge in [-0.2, -0.15) is 0 Å². The van der Waals surface area contributed by atoms with Crippen LogP contribution in [0.5, 0.6) is 0 Å². The van der Waals surface area contributed by atoms with Crippen molar-refractivity contribution in [2.45, 2.75) is 60.2 Å². The van der Waals surface area contributed by atoms with Gasteiger partial charge in [0.25, 0.3) is 0 Å². The Morgan fingerprint density at radius 3 is 2.36 bits per heavy atom. The lowest BCUT2D eigenvalue weighted by Crippen LogP contribution is -2.53. The monoisotopic (exact) mass is 308 g/mol. The highest BCUT2D eigenvalue weighted by Gasteiger charge is 2.32. The molecule has 1 aromatic rings. The summed E-state index contributed by atoms with van der Waals surface area (Å²) >= 11 is 0. The molecule has 5 heteroatoms. The average molecular weight is 308 g/mol. The van der Waals surface area contributed by atoms with Crippen LogP contribution in [-0.2, 0) is 18.4 Å². The standard InChI is InChI=1S/C17H32N4O/c1-12(2)15(19-11-14-18-9-10-20(14)7)16(22)21(8)13(3)17(4,5)6/h9-10,12-13,15,19H,11H2,1-8H3/t13-,15+/m1/s1. The third-order valence-electron chi connectivity index (χ3n) is 4.52. The molecule has 1 N–H and O–H groups in total. The predicted octanol–water partition coefficient (Wildman–Crippen LogP) is 2.43. The molecule has 0 unspecified atom stereocenters. The molecule has 0 aliphatic rings. The Labute approximate surface area is 135 Å². The van der Waals surface area contributed by atoms with Crippen molar-refractivity contribution in [3.8, 4) is 0 Å². The van der Waals surface area contributed by atoms with Gasteiger partial charge in [0.15, 0.2) is 0 Å². The van der Waals surface area contributed by atoms with E-state index in [9.17, 15) is 4.79 Å². The first-order chi connectivity index (χ1) is 10.1. The van der Waals surface area contributed by atoms with Crippen LogP contribution in [0.3, 0.4) is 0 Å². The third kappa shape index (κ3) is 4.57. The van der Waals surface area contributed by atoms with E-state index in [0.717, 1.165) is 5.82 Å². The van der Waals surface area contributed by atoms with E-state index in [0.29, 0.717) is 6.54 Å². The SMILES string of the molecule is CC(C)[C@H](NCc1nccn1C)C(=O)N(C)[C@H](C)C(C)(C)C. The first-order valence-electron chi connectivity index (χ1n) is 8.02. The number of imidazole rings is 1. The van der Waals surface area contributed by atoms with Crippen LogP contribution in [0.4, 0.5) is 0 Å². The fourth-order valence-corrected chi connectivity index (χ4v) is 2.37. The van der Waals surface area contributed by atoms with Gasteiger partial charge in [0.05, 0.1) is 12.6 Å². The summed E-state index contributed by atoms with van der Waals surface area (Å²) in [6.07, 6.45) is 3.69. The summed E-state index contributed by atoms with van der Waals surface area (Å²) in [4.78, 5) is 19.0. The van der Waals surface area contributed by atoms with E-state index in [2.05, 4.69) is 51.8 Å². The Balaban J connectivity index is 2.78. The Hall–Kier alpha value is -1.36. The largest absolute Gasteiger partial charge is 0.341 e. The highest BCUT2D eigenvalue weighted by molar-refractivity contribution is 5.82. The molecule has 1 aromatic heterocycles. The molecule has 0 bridgehead atoms. The molecule has 0 spiro atoms. The van der Waals surface area contributed by atoms with Crippen molar-refractivity contribution in [2.75, 3.05) is 7.05 Å². The van der Waals surface area contributed by atoms with Gasteiger partial charge in [-0.3, -0.25) is 10.1 Å². The molecule has 0 aliphatic carbocycles. The smallest absolute Gasteiger partial charge is 0.239 e. The maximum absolute atomic E-state index is 12.9. The molecule has 1 rings (SSSR count). The van der Waals surface area contributed by atoms with Crippen LogP contribution >= 0.6 is 0 Å². The van der Waals surface area contributed by atoms with E-state index >= 15 is 0 Å². The van der Waals surface area contributed by atoms with E-state index in [-0.39, 0.29) is 29.3 Å². The number of hydrogen-bond donors (Lipinski definition) is 1. The van der Waals surface area contributed by atoms with Gasteiger partial charge in [-0.1, -0.05) is 34.6 Å². The summed E-state index contributed by atoms with van der Waals surface area (Å²) in [5.74, 6) is 1.30. The van der Waals surface area contributed by atoms with Crippen molar-refractivity contribution >= 4 is 5.91 Å². The normalized spacial score (nSPS) is 15.0. The van der Waals surface area contributed by atoms with E-state index in [1.165, 1.54) is 0 Å². The summed E-state index contributed by atoms with van der Waals surface area (Å²) < 4.78 is 1.97. The van der Waals surface area contributed by atoms with Gasteiger partial charge < -0.3 is 9.47 Å². The number of aromatic nitrogens is 2. The number of aryl methyl sites for hydroxylation is 1. The zero-order valence-corrected chi connectivity index (χ0v) is 15.3. The lowest BCUT2D eigenvalue weighted by Gasteiger charge is -2.38. The van der Waals surface area contributed by atoms with Crippen molar-refractivity contribution in [3.63, 3.8) is 0 Å². The topological polar surface area (TPSA) is 50.2 Å². The molecule has 0 aliphatic heterocycles. The molecular weight excluding hydrogens is 276 g/mol. The third-order valence-corrected chi connectivity index (χ3v) is 4.52. The maximum Gasteiger partial charge on any atom is 0.239 e. The number of amides is 1. The molecule has 0 radical (unpaired) electrons. The number of nitrogens with one attached hydrogen (secondary N) is 1. The van der Waals surface area contributed by atoms with Crippen molar-refractivity contribution in [3.05, 3.63) is 18.2 Å². The highest BCUT2D eigenvalue weighted by atomic mass is 16.2. The molecular formula is C17H32N4O. The lowest BCUT2D eigenvalue weighted by molar-refractivity contribution is -0.137. The van der Waals surface area contributed by atoms with Crippen LogP contribution < -0.4 is 5.32 Å². The molecule has 0 aromatic carbocycles. The number of nitrogens with zero attached hydrogens (tertiary/aromatic N) is 3. The summed E-state index contributed by atoms with van der Waals surface area (Å²) in [7, 11) is 3.86. The fraction of sp³-hybridized carbons (Fsp3) is 0.765. The first-order valence-corrected chi connectivity index (χ1v) is 8.02. The average Bonchev–Trinajstić information content (AvgIpc) is 2.81. The van der Waals surface area contributed by atoms with Gasteiger partial charge in [-0.25, -0.2) is 4.98 Å². The highest BCUT2D eigenvalue weighted by Crippen LogP contribution is 2.24. The number of carbonyl (C=O) groups is 1. The van der Waals surface area contributed by atoms with Crippen LogP contribution in [0, 0.1) is 11.3 Å². The van der Waals surface area contributed by atoms with E-state index < -0.39 is 0 Å². The number of likely N-dealkylation sites (N-methyl/N-ethyl adjacent to an activating group) is 1. The fourth-order valence-electron chi connectivity index (χ4n) is 2.37. The van der Waals surface area contributed by atoms with Gasteiger partial charge in [-0.05, 0) is 18.3 Å². The minimum Gasteiger partial charge on any atom is -0.341 e. The second-order valence-electron chi connectivity index (χ2n) is 7.55. The zero-order valence-electron chi connectivity index (χ0n) is 15.3. The Morgan fingerprint density at radius 2 is 1.95 bits per heavy atom. The van der Waals surface area contributed by atoms with Crippen LogP contribution in [0.15, 0.2) is 12.4 Å². The number of hydrogen-bond acceptors (Lipinski definition) is 3. The van der Waals surface area contributed by atoms with Crippen LogP contribution in [0.25, 0.3) is 0 Å². The number of carbonyl (C=O) groups excluding carboxylic acids is 1. The molecule has 0 saturated carbocycles. The Morgan fingerprint density at radius 1 is 1.36 bits per heavy atom. The lowest BCUT2D eigenvalue weighted by atomic mass is 9.86. The molecule has 1 amide bonds. The summed E-state index contributed by atoms with van der Waals surface area (Å²) in [6, 6.07) is -0.0253. The Bertz CT molecular complexity index is 487. The van der Waals surface area contributed by atoms with Gasteiger partial charge in [0.2, 0.25) is 5.91 Å². The quantitative estimate of drug-likeness (QED) is 0.878. The van der Waals surface area contributed by atoms with E-state index in [1.54, 1.807) is 6.20 Å². The van der Waals surface area contributed by atoms with Gasteiger partial charge in [0.1, 0.15) is 5.82 Å².